The van der Waals surface area contributed by atoms with Crippen molar-refractivity contribution in [3.8, 4) is 5.75 Å². The molecule has 0 radical (unpaired) electrons. The summed E-state index contributed by atoms with van der Waals surface area (Å²) in [6, 6.07) is 10.4. The molecule has 0 N–H and O–H groups in total. The van der Waals surface area contributed by atoms with Crippen LogP contribution in [0.15, 0.2) is 51.7 Å². The summed E-state index contributed by atoms with van der Waals surface area (Å²) in [6.45, 7) is 6.57. The Balaban J connectivity index is 1.54. The zero-order chi connectivity index (χ0) is 23.7. The molecule has 0 bridgehead atoms. The van der Waals surface area contributed by atoms with Gasteiger partial charge in [0.1, 0.15) is 17.1 Å². The van der Waals surface area contributed by atoms with Crippen molar-refractivity contribution in [2.24, 2.45) is 0 Å². The number of morpholine rings is 1. The lowest BCUT2D eigenvalue weighted by atomic mass is 9.98. The van der Waals surface area contributed by atoms with Gasteiger partial charge in [-0.1, -0.05) is 18.2 Å². The molecule has 1 saturated heterocycles. The summed E-state index contributed by atoms with van der Waals surface area (Å²) in [6.07, 6.45) is 0.687. The highest BCUT2D eigenvalue weighted by Gasteiger charge is 2.43. The number of nitrogens with zero attached hydrogens (tertiary/aromatic N) is 2. The van der Waals surface area contributed by atoms with Gasteiger partial charge in [-0.05, 0) is 31.5 Å². The molecule has 178 valence electrons. The second kappa shape index (κ2) is 9.56. The predicted octanol–water partition coefficient (Wildman–Crippen LogP) is 3.60. The Morgan fingerprint density at radius 2 is 1.88 bits per heavy atom. The molecule has 1 amide bonds. The maximum absolute atomic E-state index is 14.9. The second-order valence-corrected chi connectivity index (χ2v) is 8.50. The van der Waals surface area contributed by atoms with Crippen LogP contribution in [0.4, 0.5) is 4.39 Å². The van der Waals surface area contributed by atoms with Crippen molar-refractivity contribution in [1.82, 2.24) is 9.80 Å². The summed E-state index contributed by atoms with van der Waals surface area (Å²) in [5.41, 5.74) is 0.443. The minimum atomic E-state index is -0.833. The topological polar surface area (TPSA) is 72.2 Å². The van der Waals surface area contributed by atoms with Gasteiger partial charge >= 0.3 is 0 Å². The van der Waals surface area contributed by atoms with Crippen molar-refractivity contribution >= 4 is 16.9 Å². The molecule has 2 aromatic carbocycles. The number of carbonyl (C=O) groups excluding carboxylic acids is 1. The van der Waals surface area contributed by atoms with Gasteiger partial charge in [-0.15, -0.1) is 0 Å². The van der Waals surface area contributed by atoms with Crippen LogP contribution in [0.25, 0.3) is 11.0 Å². The van der Waals surface area contributed by atoms with Crippen LogP contribution in [0.1, 0.15) is 41.1 Å². The maximum atomic E-state index is 14.9. The Bertz CT molecular complexity index is 1270. The van der Waals surface area contributed by atoms with E-state index >= 15 is 0 Å². The second-order valence-electron chi connectivity index (χ2n) is 8.50. The molecule has 3 aromatic rings. The molecular weight excluding hydrogens is 439 g/mol. The van der Waals surface area contributed by atoms with E-state index < -0.39 is 17.8 Å². The molecule has 1 atom stereocenters. The minimum absolute atomic E-state index is 0.0224. The summed E-state index contributed by atoms with van der Waals surface area (Å²) in [4.78, 5) is 30.9. The van der Waals surface area contributed by atoms with Crippen LogP contribution in [0, 0.1) is 5.82 Å². The first kappa shape index (κ1) is 22.6. The van der Waals surface area contributed by atoms with E-state index in [-0.39, 0.29) is 22.3 Å². The fourth-order valence-electron chi connectivity index (χ4n) is 4.80. The number of rotatable bonds is 7. The molecular formula is C26H27FN2O5. The SMILES string of the molecule is CCOc1ccc2c(=O)c3c(oc2c1)C(=O)N(CCCN1CCOCC1)C3c1ccccc1F. The van der Waals surface area contributed by atoms with Gasteiger partial charge in [0.15, 0.2) is 5.43 Å². The van der Waals surface area contributed by atoms with Crippen LogP contribution in [0.2, 0.25) is 0 Å². The van der Waals surface area contributed by atoms with Crippen LogP contribution in [0.3, 0.4) is 0 Å². The normalized spacial score (nSPS) is 18.5. The Morgan fingerprint density at radius 1 is 1.09 bits per heavy atom. The van der Waals surface area contributed by atoms with Crippen molar-refractivity contribution < 1.29 is 23.1 Å². The Kier molecular flexibility index (Phi) is 6.34. The fraction of sp³-hybridized carbons (Fsp3) is 0.385. The zero-order valence-electron chi connectivity index (χ0n) is 19.1. The quantitative estimate of drug-likeness (QED) is 0.530. The molecule has 1 unspecified atom stereocenters. The van der Waals surface area contributed by atoms with Crippen LogP contribution in [-0.4, -0.2) is 61.7 Å². The average molecular weight is 467 g/mol. The van der Waals surface area contributed by atoms with Crippen molar-refractivity contribution in [2.75, 3.05) is 46.0 Å². The van der Waals surface area contributed by atoms with Gasteiger partial charge in [-0.3, -0.25) is 14.5 Å². The number of hydrogen-bond acceptors (Lipinski definition) is 6. The molecule has 0 spiro atoms. The van der Waals surface area contributed by atoms with E-state index in [9.17, 15) is 14.0 Å². The molecule has 1 fully saturated rings. The van der Waals surface area contributed by atoms with Crippen LogP contribution in [-0.2, 0) is 4.74 Å². The van der Waals surface area contributed by atoms with E-state index in [1.165, 1.54) is 6.07 Å². The molecule has 5 rings (SSSR count). The highest BCUT2D eigenvalue weighted by molar-refractivity contribution is 5.99. The molecule has 0 aliphatic carbocycles. The lowest BCUT2D eigenvalue weighted by Gasteiger charge is -2.29. The number of amides is 1. The lowest BCUT2D eigenvalue weighted by molar-refractivity contribution is 0.0353. The van der Waals surface area contributed by atoms with Crippen LogP contribution >= 0.6 is 0 Å². The standard InChI is InChI=1S/C26H27FN2O5/c1-2-33-17-8-9-19-21(16-17)34-25-22(24(19)30)23(18-6-3-4-7-20(18)27)29(26(25)31)11-5-10-28-12-14-32-15-13-28/h3-4,6-9,16,23H,2,5,10-15H2,1H3. The first-order chi connectivity index (χ1) is 16.6. The average Bonchev–Trinajstić information content (AvgIpc) is 3.12. The Morgan fingerprint density at radius 3 is 2.65 bits per heavy atom. The molecule has 34 heavy (non-hydrogen) atoms. The van der Waals surface area contributed by atoms with E-state index in [1.54, 1.807) is 41.3 Å². The first-order valence-corrected chi connectivity index (χ1v) is 11.7. The van der Waals surface area contributed by atoms with Gasteiger partial charge in [-0.2, -0.15) is 0 Å². The third kappa shape index (κ3) is 4.08. The number of carbonyl (C=O) groups is 1. The minimum Gasteiger partial charge on any atom is -0.494 e. The molecule has 0 saturated carbocycles. The summed E-state index contributed by atoms with van der Waals surface area (Å²) in [5.74, 6) is -0.328. The number of halogens is 1. The highest BCUT2D eigenvalue weighted by atomic mass is 19.1. The van der Waals surface area contributed by atoms with Gasteiger partial charge in [-0.25, -0.2) is 4.39 Å². The van der Waals surface area contributed by atoms with E-state index in [1.807, 2.05) is 6.92 Å². The molecule has 3 heterocycles. The van der Waals surface area contributed by atoms with Gasteiger partial charge in [0.05, 0.1) is 36.8 Å². The summed E-state index contributed by atoms with van der Waals surface area (Å²) in [5, 5.41) is 0.339. The number of hydrogen-bond donors (Lipinski definition) is 0. The highest BCUT2D eigenvalue weighted by Crippen LogP contribution is 2.39. The zero-order valence-corrected chi connectivity index (χ0v) is 19.1. The van der Waals surface area contributed by atoms with Gasteiger partial charge in [0, 0.05) is 37.8 Å². The fourth-order valence-corrected chi connectivity index (χ4v) is 4.80. The Hall–Kier alpha value is -3.23. The third-order valence-corrected chi connectivity index (χ3v) is 6.43. The van der Waals surface area contributed by atoms with Crippen LogP contribution in [0.5, 0.6) is 5.75 Å². The van der Waals surface area contributed by atoms with Crippen molar-refractivity contribution in [2.45, 2.75) is 19.4 Å². The van der Waals surface area contributed by atoms with E-state index in [2.05, 4.69) is 4.90 Å². The lowest BCUT2D eigenvalue weighted by Crippen LogP contribution is -2.39. The number of fused-ring (bicyclic) bond motifs is 2. The van der Waals surface area contributed by atoms with Gasteiger partial charge in [0.2, 0.25) is 5.76 Å². The summed E-state index contributed by atoms with van der Waals surface area (Å²) >= 11 is 0. The van der Waals surface area contributed by atoms with Crippen molar-refractivity contribution in [3.05, 3.63) is 75.4 Å². The molecule has 7 nitrogen and oxygen atoms in total. The number of benzene rings is 2. The van der Waals surface area contributed by atoms with E-state index in [0.29, 0.717) is 49.5 Å². The molecule has 2 aliphatic heterocycles. The molecule has 1 aromatic heterocycles. The van der Waals surface area contributed by atoms with Crippen molar-refractivity contribution in [3.63, 3.8) is 0 Å². The summed E-state index contributed by atoms with van der Waals surface area (Å²) < 4.78 is 31.8. The summed E-state index contributed by atoms with van der Waals surface area (Å²) in [7, 11) is 0. The van der Waals surface area contributed by atoms with Gasteiger partial charge < -0.3 is 18.8 Å². The molecule has 8 heteroatoms. The number of ether oxygens (including phenoxy) is 2. The Labute approximate surface area is 196 Å². The van der Waals surface area contributed by atoms with Gasteiger partial charge in [0.25, 0.3) is 5.91 Å². The third-order valence-electron chi connectivity index (χ3n) is 6.43. The predicted molar refractivity (Wildman–Crippen MR) is 125 cm³/mol. The van der Waals surface area contributed by atoms with Crippen LogP contribution < -0.4 is 10.2 Å². The first-order valence-electron chi connectivity index (χ1n) is 11.7. The largest absolute Gasteiger partial charge is 0.494 e. The van der Waals surface area contributed by atoms with E-state index in [4.69, 9.17) is 13.9 Å². The van der Waals surface area contributed by atoms with Crippen molar-refractivity contribution in [1.29, 1.82) is 0 Å². The monoisotopic (exact) mass is 466 g/mol. The molecule has 2 aliphatic rings. The maximum Gasteiger partial charge on any atom is 0.290 e. The van der Waals surface area contributed by atoms with E-state index in [0.717, 1.165) is 19.6 Å². The smallest absolute Gasteiger partial charge is 0.290 e.